The van der Waals surface area contributed by atoms with Gasteiger partial charge >= 0.3 is 0 Å². The highest BCUT2D eigenvalue weighted by Gasteiger charge is 2.12. The lowest BCUT2D eigenvalue weighted by atomic mass is 9.87. The molecule has 154 valence electrons. The van der Waals surface area contributed by atoms with Crippen molar-refractivity contribution < 1.29 is 0 Å². The van der Waals surface area contributed by atoms with Gasteiger partial charge in [-0.3, -0.25) is 0 Å². The molecule has 0 aliphatic heterocycles. The van der Waals surface area contributed by atoms with E-state index < -0.39 is 0 Å². The van der Waals surface area contributed by atoms with Gasteiger partial charge in [0, 0.05) is 12.3 Å². The third-order valence-electron chi connectivity index (χ3n) is 4.54. The van der Waals surface area contributed by atoms with Crippen LogP contribution in [0.2, 0.25) is 0 Å². The maximum atomic E-state index is 7.62. The van der Waals surface area contributed by atoms with Gasteiger partial charge in [0.2, 0.25) is 0 Å². The summed E-state index contributed by atoms with van der Waals surface area (Å²) < 4.78 is 0. The molecule has 1 unspecified atom stereocenters. The topological polar surface area (TPSA) is 23.8 Å². The molecule has 0 radical (unpaired) electrons. The fourth-order valence-corrected chi connectivity index (χ4v) is 2.66. The monoisotopic (exact) mass is 379 g/mol. The molecule has 1 heteroatoms. The third-order valence-corrected chi connectivity index (χ3v) is 4.54. The van der Waals surface area contributed by atoms with Crippen LogP contribution < -0.4 is 0 Å². The molecule has 0 saturated heterocycles. The Balaban J connectivity index is 0. The van der Waals surface area contributed by atoms with Crippen LogP contribution in [-0.2, 0) is 0 Å². The van der Waals surface area contributed by atoms with Crippen molar-refractivity contribution in [3.8, 4) is 6.07 Å². The van der Waals surface area contributed by atoms with Crippen LogP contribution in [0.25, 0.3) is 0 Å². The molecular formula is C27H41N. The van der Waals surface area contributed by atoms with Crippen molar-refractivity contribution in [3.05, 3.63) is 81.9 Å². The molecule has 0 aliphatic carbocycles. The molecule has 0 bridgehead atoms. The van der Waals surface area contributed by atoms with Crippen molar-refractivity contribution in [3.63, 3.8) is 0 Å². The van der Waals surface area contributed by atoms with Gasteiger partial charge in [-0.1, -0.05) is 64.1 Å². The highest BCUT2D eigenvalue weighted by molar-refractivity contribution is 5.43. The molecule has 0 aliphatic rings. The Hall–Kier alpha value is -2.33. The van der Waals surface area contributed by atoms with E-state index in [1.807, 2.05) is 33.8 Å². The van der Waals surface area contributed by atoms with Crippen LogP contribution in [0.3, 0.4) is 0 Å². The standard InChI is InChI=1S/C19H24.C3H5N.C3H6.C2H6/c1-12-7-8-18(10-14(12)3)17(6)19-11-15(4)13(2)9-16(19)5;1-2-3-4;1-3-2;1-2/h7-11,17H,1-6H3;2H2,1H3;3H,1H2,2H3;1-2H3. The number of aryl methyl sites for hydroxylation is 5. The molecule has 1 atom stereocenters. The van der Waals surface area contributed by atoms with Crippen LogP contribution in [0.1, 0.15) is 85.9 Å². The first-order valence-electron chi connectivity index (χ1n) is 10.3. The van der Waals surface area contributed by atoms with Crippen LogP contribution in [0.15, 0.2) is 43.0 Å². The Morgan fingerprint density at radius 3 is 1.75 bits per heavy atom. The van der Waals surface area contributed by atoms with Crippen LogP contribution in [-0.4, -0.2) is 0 Å². The third kappa shape index (κ3) is 9.56. The van der Waals surface area contributed by atoms with E-state index in [4.69, 9.17) is 5.26 Å². The summed E-state index contributed by atoms with van der Waals surface area (Å²) in [4.78, 5) is 0. The largest absolute Gasteiger partial charge is 0.198 e. The summed E-state index contributed by atoms with van der Waals surface area (Å²) in [6.45, 7) is 24.3. The summed E-state index contributed by atoms with van der Waals surface area (Å²) in [5, 5.41) is 7.62. The Bertz CT molecular complexity index is 748. The second-order valence-corrected chi connectivity index (χ2v) is 6.78. The fourth-order valence-electron chi connectivity index (χ4n) is 2.66. The summed E-state index contributed by atoms with van der Waals surface area (Å²) in [7, 11) is 0. The Kier molecular flexibility index (Phi) is 15.6. The molecule has 1 nitrogen and oxygen atoms in total. The van der Waals surface area contributed by atoms with Crippen LogP contribution in [0, 0.1) is 45.9 Å². The van der Waals surface area contributed by atoms with Crippen molar-refractivity contribution in [1.29, 1.82) is 5.26 Å². The van der Waals surface area contributed by atoms with Gasteiger partial charge in [-0.2, -0.15) is 5.26 Å². The van der Waals surface area contributed by atoms with Gasteiger partial charge in [0.25, 0.3) is 0 Å². The number of hydrogen-bond donors (Lipinski definition) is 0. The minimum absolute atomic E-state index is 0.457. The highest BCUT2D eigenvalue weighted by Crippen LogP contribution is 2.29. The number of benzene rings is 2. The van der Waals surface area contributed by atoms with Gasteiger partial charge < -0.3 is 0 Å². The maximum Gasteiger partial charge on any atom is 0.0618 e. The molecule has 0 aromatic heterocycles. The number of nitriles is 1. The molecular weight excluding hydrogens is 338 g/mol. The number of allylic oxidation sites excluding steroid dienone is 1. The lowest BCUT2D eigenvalue weighted by Gasteiger charge is -2.18. The zero-order valence-corrected chi connectivity index (χ0v) is 19.9. The van der Waals surface area contributed by atoms with Crippen molar-refractivity contribution >= 4 is 0 Å². The molecule has 0 spiro atoms. The maximum absolute atomic E-state index is 7.62. The SMILES string of the molecule is C=CC.CC.CCC#N.Cc1ccc(C(C)c2cc(C)c(C)cc2C)cc1C. The second-order valence-electron chi connectivity index (χ2n) is 6.78. The first-order chi connectivity index (χ1) is 13.2. The Morgan fingerprint density at radius 2 is 1.32 bits per heavy atom. The molecule has 28 heavy (non-hydrogen) atoms. The van der Waals surface area contributed by atoms with Gasteiger partial charge in [0.15, 0.2) is 0 Å². The first kappa shape index (κ1) is 27.9. The van der Waals surface area contributed by atoms with E-state index in [0.29, 0.717) is 12.3 Å². The zero-order chi connectivity index (χ0) is 22.3. The van der Waals surface area contributed by atoms with E-state index in [2.05, 4.69) is 78.5 Å². The van der Waals surface area contributed by atoms with Gasteiger partial charge in [0.1, 0.15) is 0 Å². The zero-order valence-electron chi connectivity index (χ0n) is 19.9. The summed E-state index contributed by atoms with van der Waals surface area (Å²) in [6, 6.07) is 13.4. The molecule has 0 N–H and O–H groups in total. The molecule has 2 aromatic carbocycles. The average Bonchev–Trinajstić information content (AvgIpc) is 2.68. The highest BCUT2D eigenvalue weighted by atomic mass is 14.2. The first-order valence-corrected chi connectivity index (χ1v) is 10.3. The lowest BCUT2D eigenvalue weighted by Crippen LogP contribution is -2.01. The summed E-state index contributed by atoms with van der Waals surface area (Å²) in [5.74, 6) is 0.457. The number of nitrogens with zero attached hydrogens (tertiary/aromatic N) is 1. The van der Waals surface area contributed by atoms with Gasteiger partial charge in [-0.25, -0.2) is 0 Å². The Morgan fingerprint density at radius 1 is 0.893 bits per heavy atom. The van der Waals surface area contributed by atoms with Crippen molar-refractivity contribution in [2.75, 3.05) is 0 Å². The van der Waals surface area contributed by atoms with E-state index in [1.165, 1.54) is 38.9 Å². The minimum atomic E-state index is 0.457. The number of hydrogen-bond acceptors (Lipinski definition) is 1. The van der Waals surface area contributed by atoms with E-state index in [0.717, 1.165) is 0 Å². The van der Waals surface area contributed by atoms with Gasteiger partial charge in [0.05, 0.1) is 6.07 Å². The van der Waals surface area contributed by atoms with E-state index >= 15 is 0 Å². The summed E-state index contributed by atoms with van der Waals surface area (Å²) >= 11 is 0. The molecule has 2 rings (SSSR count). The molecule has 0 heterocycles. The molecule has 0 amide bonds. The van der Waals surface area contributed by atoms with E-state index in [9.17, 15) is 0 Å². The van der Waals surface area contributed by atoms with Gasteiger partial charge in [-0.05, 0) is 80.5 Å². The second kappa shape index (κ2) is 15.7. The number of rotatable bonds is 2. The van der Waals surface area contributed by atoms with Crippen molar-refractivity contribution in [2.24, 2.45) is 0 Å². The van der Waals surface area contributed by atoms with Crippen molar-refractivity contribution in [2.45, 2.75) is 81.6 Å². The predicted octanol–water partition coefficient (Wildman–Crippen LogP) is 8.52. The molecule has 0 saturated carbocycles. The van der Waals surface area contributed by atoms with Crippen LogP contribution >= 0.6 is 0 Å². The Labute approximate surface area is 175 Å². The minimum Gasteiger partial charge on any atom is -0.198 e. The van der Waals surface area contributed by atoms with Crippen LogP contribution in [0.4, 0.5) is 0 Å². The molecule has 0 fully saturated rings. The van der Waals surface area contributed by atoms with E-state index in [-0.39, 0.29) is 0 Å². The average molecular weight is 380 g/mol. The fraction of sp³-hybridized carbons (Fsp3) is 0.444. The normalized spacial score (nSPS) is 9.89. The predicted molar refractivity (Wildman–Crippen MR) is 127 cm³/mol. The lowest BCUT2D eigenvalue weighted by molar-refractivity contribution is 0.902. The smallest absolute Gasteiger partial charge is 0.0618 e. The summed E-state index contributed by atoms with van der Waals surface area (Å²) in [6.07, 6.45) is 2.38. The molecule has 2 aromatic rings. The quantitative estimate of drug-likeness (QED) is 0.480. The van der Waals surface area contributed by atoms with E-state index in [1.54, 1.807) is 6.08 Å². The summed E-state index contributed by atoms with van der Waals surface area (Å²) in [5.41, 5.74) is 9.78. The van der Waals surface area contributed by atoms with Gasteiger partial charge in [-0.15, -0.1) is 6.58 Å². The van der Waals surface area contributed by atoms with Crippen molar-refractivity contribution in [1.82, 2.24) is 0 Å². The van der Waals surface area contributed by atoms with Crippen LogP contribution in [0.5, 0.6) is 0 Å².